The number of aliphatic imine (C=N–C) groups is 1. The molecular formula is C18H29FIN3O2. The molecule has 0 aromatic heterocycles. The second-order valence-electron chi connectivity index (χ2n) is 6.36. The van der Waals surface area contributed by atoms with Crippen LogP contribution < -0.4 is 10.6 Å². The van der Waals surface area contributed by atoms with Crippen LogP contribution in [0.4, 0.5) is 4.39 Å². The number of hydrogen-bond donors (Lipinski definition) is 3. The number of halogens is 2. The van der Waals surface area contributed by atoms with Gasteiger partial charge in [-0.05, 0) is 43.4 Å². The summed E-state index contributed by atoms with van der Waals surface area (Å²) in [6.45, 7) is 3.10. The van der Waals surface area contributed by atoms with Crippen molar-refractivity contribution >= 4 is 29.9 Å². The molecule has 2 rings (SSSR count). The second kappa shape index (κ2) is 11.6. The number of benzene rings is 1. The fourth-order valence-corrected chi connectivity index (χ4v) is 3.00. The largest absolute Gasteiger partial charge is 0.396 e. The molecule has 1 saturated heterocycles. The van der Waals surface area contributed by atoms with Crippen LogP contribution in [0.1, 0.15) is 24.8 Å². The Hall–Kier alpha value is -0.930. The standard InChI is InChI=1S/C18H28FN3O2.HI/c1-20-17(22-13-18(7-10-23)8-11-24-14-18)21-9-3-5-15-4-2-6-16(19)12-15;/h2,4,6,12,23H,3,5,7-11,13-14H2,1H3,(H2,20,21,22);1H. The Kier molecular flexibility index (Phi) is 10.3. The molecule has 142 valence electrons. The van der Waals surface area contributed by atoms with Crippen molar-refractivity contribution in [2.24, 2.45) is 10.4 Å². The highest BCUT2D eigenvalue weighted by molar-refractivity contribution is 14.0. The highest BCUT2D eigenvalue weighted by Gasteiger charge is 2.34. The normalized spacial score (nSPS) is 20.2. The average Bonchev–Trinajstić information content (AvgIpc) is 3.03. The minimum absolute atomic E-state index is 0. The van der Waals surface area contributed by atoms with Gasteiger partial charge in [0, 0.05) is 38.8 Å². The first-order valence-corrected chi connectivity index (χ1v) is 8.55. The van der Waals surface area contributed by atoms with E-state index in [9.17, 15) is 9.50 Å². The number of guanidine groups is 1. The van der Waals surface area contributed by atoms with Gasteiger partial charge in [0.15, 0.2) is 5.96 Å². The quantitative estimate of drug-likeness (QED) is 0.239. The van der Waals surface area contributed by atoms with E-state index in [-0.39, 0.29) is 41.8 Å². The van der Waals surface area contributed by atoms with Gasteiger partial charge in [-0.15, -0.1) is 24.0 Å². The maximum atomic E-state index is 13.1. The summed E-state index contributed by atoms with van der Waals surface area (Å²) in [6, 6.07) is 6.71. The van der Waals surface area contributed by atoms with Crippen molar-refractivity contribution in [1.29, 1.82) is 0 Å². The number of hydrogen-bond acceptors (Lipinski definition) is 3. The van der Waals surface area contributed by atoms with Gasteiger partial charge in [-0.3, -0.25) is 4.99 Å². The number of nitrogens with one attached hydrogen (secondary N) is 2. The van der Waals surface area contributed by atoms with Gasteiger partial charge in [0.05, 0.1) is 6.61 Å². The van der Waals surface area contributed by atoms with Gasteiger partial charge in [-0.2, -0.15) is 0 Å². The van der Waals surface area contributed by atoms with Gasteiger partial charge < -0.3 is 20.5 Å². The molecule has 5 nitrogen and oxygen atoms in total. The molecule has 0 bridgehead atoms. The molecule has 1 aliphatic rings. The first kappa shape index (κ1) is 22.1. The zero-order valence-corrected chi connectivity index (χ0v) is 17.1. The van der Waals surface area contributed by atoms with Gasteiger partial charge in [0.25, 0.3) is 0 Å². The summed E-state index contributed by atoms with van der Waals surface area (Å²) in [5, 5.41) is 15.9. The molecule has 1 heterocycles. The lowest BCUT2D eigenvalue weighted by atomic mass is 9.84. The molecule has 25 heavy (non-hydrogen) atoms. The van der Waals surface area contributed by atoms with E-state index < -0.39 is 0 Å². The highest BCUT2D eigenvalue weighted by atomic mass is 127. The molecule has 0 spiro atoms. The first-order chi connectivity index (χ1) is 11.7. The minimum atomic E-state index is -0.189. The van der Waals surface area contributed by atoms with Crippen molar-refractivity contribution in [1.82, 2.24) is 10.6 Å². The Bertz CT molecular complexity index is 537. The smallest absolute Gasteiger partial charge is 0.190 e. The average molecular weight is 465 g/mol. The van der Waals surface area contributed by atoms with Gasteiger partial charge in [-0.25, -0.2) is 4.39 Å². The Morgan fingerprint density at radius 2 is 2.24 bits per heavy atom. The molecular weight excluding hydrogens is 436 g/mol. The van der Waals surface area contributed by atoms with Gasteiger partial charge in [-0.1, -0.05) is 12.1 Å². The van der Waals surface area contributed by atoms with Gasteiger partial charge >= 0.3 is 0 Å². The molecule has 1 aromatic rings. The second-order valence-corrected chi connectivity index (χ2v) is 6.36. The van der Waals surface area contributed by atoms with E-state index in [1.165, 1.54) is 6.07 Å². The van der Waals surface area contributed by atoms with Crippen molar-refractivity contribution < 1.29 is 14.2 Å². The highest BCUT2D eigenvalue weighted by Crippen LogP contribution is 2.31. The van der Waals surface area contributed by atoms with Crippen LogP contribution >= 0.6 is 24.0 Å². The van der Waals surface area contributed by atoms with E-state index in [2.05, 4.69) is 15.6 Å². The number of ether oxygens (including phenoxy) is 1. The lowest BCUT2D eigenvalue weighted by molar-refractivity contribution is 0.127. The summed E-state index contributed by atoms with van der Waals surface area (Å²) in [7, 11) is 1.74. The molecule has 0 aliphatic carbocycles. The zero-order valence-electron chi connectivity index (χ0n) is 14.8. The number of aliphatic hydroxyl groups excluding tert-OH is 1. The summed E-state index contributed by atoms with van der Waals surface area (Å²) in [6.07, 6.45) is 3.41. The van der Waals surface area contributed by atoms with Crippen LogP contribution in [0.25, 0.3) is 0 Å². The predicted octanol–water partition coefficient (Wildman–Crippen LogP) is 2.33. The van der Waals surface area contributed by atoms with E-state index in [1.807, 2.05) is 6.07 Å². The Morgan fingerprint density at radius 1 is 1.40 bits per heavy atom. The number of rotatable bonds is 8. The molecule has 7 heteroatoms. The Morgan fingerprint density at radius 3 is 2.88 bits per heavy atom. The Balaban J connectivity index is 0.00000312. The molecule has 1 atom stereocenters. The van der Waals surface area contributed by atoms with Crippen LogP contribution in [-0.2, 0) is 11.2 Å². The van der Waals surface area contributed by atoms with Crippen molar-refractivity contribution in [2.45, 2.75) is 25.7 Å². The zero-order chi connectivity index (χ0) is 17.3. The van der Waals surface area contributed by atoms with Crippen molar-refractivity contribution in [3.05, 3.63) is 35.6 Å². The van der Waals surface area contributed by atoms with Crippen molar-refractivity contribution in [3.63, 3.8) is 0 Å². The molecule has 1 unspecified atom stereocenters. The molecule has 0 radical (unpaired) electrons. The summed E-state index contributed by atoms with van der Waals surface area (Å²) < 4.78 is 18.6. The summed E-state index contributed by atoms with van der Waals surface area (Å²) in [4.78, 5) is 4.23. The SMILES string of the molecule is CN=C(NCCCc1cccc(F)c1)NCC1(CCO)CCOC1.I. The first-order valence-electron chi connectivity index (χ1n) is 8.55. The summed E-state index contributed by atoms with van der Waals surface area (Å²) in [5.74, 6) is 0.560. The van der Waals surface area contributed by atoms with E-state index >= 15 is 0 Å². The minimum Gasteiger partial charge on any atom is -0.396 e. The van der Waals surface area contributed by atoms with Gasteiger partial charge in [0.1, 0.15) is 5.82 Å². The van der Waals surface area contributed by atoms with Crippen LogP contribution in [0.2, 0.25) is 0 Å². The Labute approximate surface area is 166 Å². The number of aryl methyl sites for hydroxylation is 1. The molecule has 1 aliphatic heterocycles. The molecule has 1 aromatic carbocycles. The van der Waals surface area contributed by atoms with Crippen molar-refractivity contribution in [3.8, 4) is 0 Å². The van der Waals surface area contributed by atoms with E-state index in [4.69, 9.17) is 4.74 Å². The van der Waals surface area contributed by atoms with Crippen LogP contribution in [0.3, 0.4) is 0 Å². The van der Waals surface area contributed by atoms with E-state index in [1.54, 1.807) is 19.2 Å². The number of nitrogens with zero attached hydrogens (tertiary/aromatic N) is 1. The molecule has 3 N–H and O–H groups in total. The fourth-order valence-electron chi connectivity index (χ4n) is 3.00. The lowest BCUT2D eigenvalue weighted by Gasteiger charge is -2.27. The maximum absolute atomic E-state index is 13.1. The van der Waals surface area contributed by atoms with Gasteiger partial charge in [0.2, 0.25) is 0 Å². The third kappa shape index (κ3) is 7.45. The topological polar surface area (TPSA) is 65.9 Å². The molecule has 0 saturated carbocycles. The predicted molar refractivity (Wildman–Crippen MR) is 109 cm³/mol. The summed E-state index contributed by atoms with van der Waals surface area (Å²) in [5.41, 5.74) is 0.998. The van der Waals surface area contributed by atoms with Crippen LogP contribution in [-0.4, -0.2) is 51.0 Å². The molecule has 0 amide bonds. The monoisotopic (exact) mass is 465 g/mol. The maximum Gasteiger partial charge on any atom is 0.190 e. The lowest BCUT2D eigenvalue weighted by Crippen LogP contribution is -2.44. The van der Waals surface area contributed by atoms with Crippen molar-refractivity contribution in [2.75, 3.05) is 40.0 Å². The third-order valence-electron chi connectivity index (χ3n) is 4.51. The van der Waals surface area contributed by atoms with E-state index in [0.29, 0.717) is 6.61 Å². The summed E-state index contributed by atoms with van der Waals surface area (Å²) >= 11 is 0. The van der Waals surface area contributed by atoms with Crippen LogP contribution in [0, 0.1) is 11.2 Å². The van der Waals surface area contributed by atoms with Crippen LogP contribution in [0.15, 0.2) is 29.3 Å². The third-order valence-corrected chi connectivity index (χ3v) is 4.51. The fraction of sp³-hybridized carbons (Fsp3) is 0.611. The van der Waals surface area contributed by atoms with Crippen LogP contribution in [0.5, 0.6) is 0 Å². The van der Waals surface area contributed by atoms with E-state index in [0.717, 1.165) is 56.9 Å². The number of aliphatic hydroxyl groups is 1. The molecule has 1 fully saturated rings.